The number of nitrogens with zero attached hydrogens (tertiary/aromatic N) is 1. The Morgan fingerprint density at radius 2 is 1.94 bits per heavy atom. The molecule has 0 fully saturated rings. The van der Waals surface area contributed by atoms with Crippen molar-refractivity contribution in [2.24, 2.45) is 0 Å². The first-order chi connectivity index (χ1) is 7.65. The van der Waals surface area contributed by atoms with Crippen LogP contribution in [-0.4, -0.2) is 17.3 Å². The van der Waals surface area contributed by atoms with Gasteiger partial charge in [-0.1, -0.05) is 26.0 Å². The quantitative estimate of drug-likeness (QED) is 0.798. The molecule has 0 bridgehead atoms. The predicted molar refractivity (Wildman–Crippen MR) is 65.2 cm³/mol. The van der Waals surface area contributed by atoms with Gasteiger partial charge in [-0.05, 0) is 25.0 Å². The lowest BCUT2D eigenvalue weighted by Gasteiger charge is -2.26. The Balaban J connectivity index is 2.72. The molecule has 0 aliphatic rings. The Labute approximate surface area is 96.7 Å². The number of aliphatic hydroxyl groups is 1. The van der Waals surface area contributed by atoms with E-state index in [0.717, 1.165) is 5.69 Å². The van der Waals surface area contributed by atoms with Crippen molar-refractivity contribution in [3.8, 4) is 6.07 Å². The highest BCUT2D eigenvalue weighted by atomic mass is 16.3. The van der Waals surface area contributed by atoms with Crippen molar-refractivity contribution in [1.29, 1.82) is 5.26 Å². The molecule has 0 aromatic heterocycles. The molecule has 3 nitrogen and oxygen atoms in total. The van der Waals surface area contributed by atoms with Crippen LogP contribution in [0.1, 0.15) is 32.3 Å². The van der Waals surface area contributed by atoms with E-state index in [0.29, 0.717) is 24.9 Å². The lowest BCUT2D eigenvalue weighted by Crippen LogP contribution is -2.35. The maximum Gasteiger partial charge on any atom is 0.101 e. The molecule has 0 radical (unpaired) electrons. The molecule has 3 heteroatoms. The van der Waals surface area contributed by atoms with Crippen LogP contribution in [0, 0.1) is 11.3 Å². The summed E-state index contributed by atoms with van der Waals surface area (Å²) in [4.78, 5) is 0. The van der Waals surface area contributed by atoms with Gasteiger partial charge in [-0.25, -0.2) is 0 Å². The van der Waals surface area contributed by atoms with Crippen LogP contribution in [0.4, 0.5) is 5.69 Å². The molecule has 1 aromatic rings. The van der Waals surface area contributed by atoms with Crippen LogP contribution >= 0.6 is 0 Å². The third kappa shape index (κ3) is 2.98. The second kappa shape index (κ2) is 5.53. The lowest BCUT2D eigenvalue weighted by atomic mass is 9.97. The monoisotopic (exact) mass is 218 g/mol. The standard InChI is InChI=1S/C13H18N2O/c1-3-13(16,4-2)10-15-12-8-6-5-7-11(12)9-14/h5-8,15-16H,3-4,10H2,1-2H3. The molecular weight excluding hydrogens is 200 g/mol. The van der Waals surface area contributed by atoms with Crippen molar-refractivity contribution >= 4 is 5.69 Å². The van der Waals surface area contributed by atoms with E-state index in [1.807, 2.05) is 32.0 Å². The number of nitrogens with one attached hydrogen (secondary N) is 1. The molecule has 0 atom stereocenters. The zero-order valence-electron chi connectivity index (χ0n) is 9.83. The average Bonchev–Trinajstić information content (AvgIpc) is 2.36. The number of benzene rings is 1. The average molecular weight is 218 g/mol. The topological polar surface area (TPSA) is 56.0 Å². The van der Waals surface area contributed by atoms with Crippen molar-refractivity contribution in [3.05, 3.63) is 29.8 Å². The van der Waals surface area contributed by atoms with Crippen molar-refractivity contribution in [2.45, 2.75) is 32.3 Å². The minimum Gasteiger partial charge on any atom is -0.388 e. The molecule has 0 aliphatic carbocycles. The number of para-hydroxylation sites is 1. The van der Waals surface area contributed by atoms with E-state index in [4.69, 9.17) is 5.26 Å². The summed E-state index contributed by atoms with van der Waals surface area (Å²) >= 11 is 0. The number of hydrogen-bond donors (Lipinski definition) is 2. The van der Waals surface area contributed by atoms with Crippen molar-refractivity contribution < 1.29 is 5.11 Å². The minimum atomic E-state index is -0.692. The largest absolute Gasteiger partial charge is 0.388 e. The first-order valence-corrected chi connectivity index (χ1v) is 5.60. The zero-order chi connectivity index (χ0) is 12.0. The second-order valence-electron chi connectivity index (χ2n) is 3.94. The summed E-state index contributed by atoms with van der Waals surface area (Å²) in [5.41, 5.74) is 0.699. The van der Waals surface area contributed by atoms with E-state index in [2.05, 4.69) is 11.4 Å². The van der Waals surface area contributed by atoms with Crippen molar-refractivity contribution in [1.82, 2.24) is 0 Å². The van der Waals surface area contributed by atoms with Gasteiger partial charge < -0.3 is 10.4 Å². The Kier molecular flexibility index (Phi) is 4.33. The third-order valence-corrected chi connectivity index (χ3v) is 2.97. The Hall–Kier alpha value is -1.53. The molecule has 1 aromatic carbocycles. The highest BCUT2D eigenvalue weighted by molar-refractivity contribution is 5.57. The number of rotatable bonds is 5. The smallest absolute Gasteiger partial charge is 0.101 e. The molecule has 0 saturated carbocycles. The fraction of sp³-hybridized carbons (Fsp3) is 0.462. The van der Waals surface area contributed by atoms with Crippen LogP contribution in [0.25, 0.3) is 0 Å². The van der Waals surface area contributed by atoms with Crippen LogP contribution < -0.4 is 5.32 Å². The van der Waals surface area contributed by atoms with Crippen LogP contribution in [0.5, 0.6) is 0 Å². The molecule has 86 valence electrons. The molecular formula is C13H18N2O. The van der Waals surface area contributed by atoms with E-state index in [-0.39, 0.29) is 0 Å². The van der Waals surface area contributed by atoms with E-state index < -0.39 is 5.60 Å². The van der Waals surface area contributed by atoms with Gasteiger partial charge in [-0.2, -0.15) is 5.26 Å². The van der Waals surface area contributed by atoms with Gasteiger partial charge in [-0.3, -0.25) is 0 Å². The second-order valence-corrected chi connectivity index (χ2v) is 3.94. The minimum absolute atomic E-state index is 0.471. The maximum absolute atomic E-state index is 10.1. The van der Waals surface area contributed by atoms with Gasteiger partial charge in [0.05, 0.1) is 16.9 Å². The zero-order valence-corrected chi connectivity index (χ0v) is 9.83. The van der Waals surface area contributed by atoms with Crippen LogP contribution in [0.2, 0.25) is 0 Å². The molecule has 2 N–H and O–H groups in total. The van der Waals surface area contributed by atoms with Crippen molar-refractivity contribution in [2.75, 3.05) is 11.9 Å². The molecule has 16 heavy (non-hydrogen) atoms. The van der Waals surface area contributed by atoms with Gasteiger partial charge in [-0.15, -0.1) is 0 Å². The van der Waals surface area contributed by atoms with E-state index in [1.165, 1.54) is 0 Å². The number of hydrogen-bond acceptors (Lipinski definition) is 3. The summed E-state index contributed by atoms with van der Waals surface area (Å²) in [6, 6.07) is 9.44. The molecule has 0 amide bonds. The molecule has 0 aliphatic heterocycles. The van der Waals surface area contributed by atoms with Crippen LogP contribution in [0.3, 0.4) is 0 Å². The summed E-state index contributed by atoms with van der Waals surface area (Å²) in [7, 11) is 0. The van der Waals surface area contributed by atoms with Crippen LogP contribution in [0.15, 0.2) is 24.3 Å². The number of nitriles is 1. The van der Waals surface area contributed by atoms with E-state index >= 15 is 0 Å². The van der Waals surface area contributed by atoms with Gasteiger partial charge >= 0.3 is 0 Å². The van der Waals surface area contributed by atoms with Gasteiger partial charge in [0, 0.05) is 6.54 Å². The lowest BCUT2D eigenvalue weighted by molar-refractivity contribution is 0.0457. The number of anilines is 1. The molecule has 0 unspecified atom stereocenters. The van der Waals surface area contributed by atoms with Crippen LogP contribution in [-0.2, 0) is 0 Å². The summed E-state index contributed by atoms with van der Waals surface area (Å²) in [5.74, 6) is 0. The molecule has 1 rings (SSSR count). The fourth-order valence-corrected chi connectivity index (χ4v) is 1.49. The highest BCUT2D eigenvalue weighted by Gasteiger charge is 2.21. The summed E-state index contributed by atoms with van der Waals surface area (Å²) in [6.07, 6.45) is 1.40. The Morgan fingerprint density at radius 1 is 1.31 bits per heavy atom. The SMILES string of the molecule is CCC(O)(CC)CNc1ccccc1C#N. The Bertz CT molecular complexity index is 378. The Morgan fingerprint density at radius 3 is 2.50 bits per heavy atom. The highest BCUT2D eigenvalue weighted by Crippen LogP contribution is 2.18. The third-order valence-electron chi connectivity index (χ3n) is 2.97. The first-order valence-electron chi connectivity index (χ1n) is 5.60. The maximum atomic E-state index is 10.1. The molecule has 0 saturated heterocycles. The predicted octanol–water partition coefficient (Wildman–Crippen LogP) is 2.52. The van der Waals surface area contributed by atoms with Crippen molar-refractivity contribution in [3.63, 3.8) is 0 Å². The summed E-state index contributed by atoms with van der Waals surface area (Å²) in [5, 5.41) is 22.2. The summed E-state index contributed by atoms with van der Waals surface area (Å²) in [6.45, 7) is 4.39. The normalized spacial score (nSPS) is 10.9. The van der Waals surface area contributed by atoms with E-state index in [9.17, 15) is 5.11 Å². The van der Waals surface area contributed by atoms with E-state index in [1.54, 1.807) is 6.07 Å². The van der Waals surface area contributed by atoms with Gasteiger partial charge in [0.1, 0.15) is 6.07 Å². The fourth-order valence-electron chi connectivity index (χ4n) is 1.49. The van der Waals surface area contributed by atoms with Gasteiger partial charge in [0.25, 0.3) is 0 Å². The first kappa shape index (κ1) is 12.5. The summed E-state index contributed by atoms with van der Waals surface area (Å²) < 4.78 is 0. The van der Waals surface area contributed by atoms with Gasteiger partial charge in [0.2, 0.25) is 0 Å². The molecule has 0 spiro atoms. The molecule has 0 heterocycles. The van der Waals surface area contributed by atoms with Gasteiger partial charge in [0.15, 0.2) is 0 Å².